The molecule has 0 aliphatic rings. The molecule has 2 aromatic heterocycles. The molecule has 1 N–H and O–H groups in total. The first-order valence-corrected chi connectivity index (χ1v) is 4.52. The van der Waals surface area contributed by atoms with E-state index in [0.717, 1.165) is 5.82 Å². The van der Waals surface area contributed by atoms with Crippen LogP contribution in [0.5, 0.6) is 0 Å². The molecule has 15 heavy (non-hydrogen) atoms. The first kappa shape index (κ1) is 9.51. The van der Waals surface area contributed by atoms with Crippen LogP contribution in [0.2, 0.25) is 0 Å². The number of rotatable bonds is 3. The summed E-state index contributed by atoms with van der Waals surface area (Å²) in [5, 5.41) is 8.74. The molecule has 2 rings (SSSR count). The molecule has 0 aliphatic heterocycles. The highest BCUT2D eigenvalue weighted by atomic mass is 16.4. The highest BCUT2D eigenvalue weighted by Crippen LogP contribution is 2.04. The maximum Gasteiger partial charge on any atom is 0.337 e. The molecule has 0 atom stereocenters. The van der Waals surface area contributed by atoms with Crippen LogP contribution in [0.25, 0.3) is 0 Å². The number of carbonyl (C=O) groups is 1. The summed E-state index contributed by atoms with van der Waals surface area (Å²) in [6.07, 6.45) is 6.91. The Kier molecular flexibility index (Phi) is 2.29. The monoisotopic (exact) mass is 205 g/mol. The van der Waals surface area contributed by atoms with Crippen LogP contribution in [0.4, 0.5) is 0 Å². The fourth-order valence-electron chi connectivity index (χ4n) is 1.38. The van der Waals surface area contributed by atoms with Crippen molar-refractivity contribution in [2.24, 2.45) is 7.05 Å². The van der Waals surface area contributed by atoms with E-state index in [2.05, 4.69) is 4.98 Å². The van der Waals surface area contributed by atoms with Gasteiger partial charge in [0.2, 0.25) is 0 Å². The van der Waals surface area contributed by atoms with Gasteiger partial charge in [0.15, 0.2) is 0 Å². The zero-order valence-electron chi connectivity index (χ0n) is 8.29. The second kappa shape index (κ2) is 3.61. The van der Waals surface area contributed by atoms with Crippen LogP contribution in [-0.4, -0.2) is 25.2 Å². The van der Waals surface area contributed by atoms with Crippen molar-refractivity contribution in [3.8, 4) is 0 Å². The lowest BCUT2D eigenvalue weighted by molar-refractivity contribution is 0.0697. The minimum atomic E-state index is -0.909. The molecule has 0 unspecified atom stereocenters. The summed E-state index contributed by atoms with van der Waals surface area (Å²) in [4.78, 5) is 14.8. The Hall–Kier alpha value is -2.04. The van der Waals surface area contributed by atoms with Gasteiger partial charge >= 0.3 is 5.97 Å². The molecule has 0 amide bonds. The van der Waals surface area contributed by atoms with Crippen molar-refractivity contribution < 1.29 is 9.90 Å². The lowest BCUT2D eigenvalue weighted by Crippen LogP contribution is -2.04. The normalized spacial score (nSPS) is 10.5. The molecule has 5 heteroatoms. The predicted octanol–water partition coefficient (Wildman–Crippen LogP) is 0.968. The number of hydrogen-bond donors (Lipinski definition) is 1. The van der Waals surface area contributed by atoms with E-state index in [1.807, 2.05) is 17.8 Å². The third-order valence-electron chi connectivity index (χ3n) is 2.24. The average Bonchev–Trinajstić information content (AvgIpc) is 2.77. The minimum absolute atomic E-state index is 0.296. The molecule has 0 spiro atoms. The molecule has 0 saturated carbocycles. The molecular weight excluding hydrogens is 194 g/mol. The zero-order valence-corrected chi connectivity index (χ0v) is 8.29. The largest absolute Gasteiger partial charge is 0.478 e. The van der Waals surface area contributed by atoms with E-state index in [4.69, 9.17) is 5.11 Å². The Morgan fingerprint density at radius 1 is 1.53 bits per heavy atom. The van der Waals surface area contributed by atoms with Crippen molar-refractivity contribution in [1.29, 1.82) is 0 Å². The van der Waals surface area contributed by atoms with Crippen molar-refractivity contribution in [3.63, 3.8) is 0 Å². The van der Waals surface area contributed by atoms with Crippen LogP contribution in [-0.2, 0) is 13.6 Å². The fraction of sp³-hybridized carbons (Fsp3) is 0.200. The van der Waals surface area contributed by atoms with Gasteiger partial charge in [-0.25, -0.2) is 9.78 Å². The quantitative estimate of drug-likeness (QED) is 0.812. The third kappa shape index (κ3) is 1.90. The van der Waals surface area contributed by atoms with Gasteiger partial charge in [0.05, 0.1) is 12.1 Å². The molecule has 2 aromatic rings. The van der Waals surface area contributed by atoms with Crippen molar-refractivity contribution in [2.75, 3.05) is 0 Å². The van der Waals surface area contributed by atoms with E-state index in [9.17, 15) is 4.79 Å². The lowest BCUT2D eigenvalue weighted by atomic mass is 10.4. The van der Waals surface area contributed by atoms with E-state index in [-0.39, 0.29) is 0 Å². The highest BCUT2D eigenvalue weighted by molar-refractivity contribution is 5.87. The molecular formula is C10H11N3O2. The topological polar surface area (TPSA) is 60.0 Å². The third-order valence-corrected chi connectivity index (χ3v) is 2.24. The van der Waals surface area contributed by atoms with E-state index in [0.29, 0.717) is 12.1 Å². The standard InChI is InChI=1S/C10H11N3O2/c1-12-5-3-11-9(12)7-13-4-2-8(6-13)10(14)15/h2-6H,7H2,1H3,(H,14,15). The first-order chi connectivity index (χ1) is 7.16. The Labute approximate surface area is 86.6 Å². The van der Waals surface area contributed by atoms with Gasteiger partial charge in [-0.3, -0.25) is 0 Å². The van der Waals surface area contributed by atoms with Gasteiger partial charge in [0.25, 0.3) is 0 Å². The predicted molar refractivity (Wildman–Crippen MR) is 53.7 cm³/mol. The molecule has 0 aromatic carbocycles. The van der Waals surface area contributed by atoms with Crippen LogP contribution < -0.4 is 0 Å². The van der Waals surface area contributed by atoms with Gasteiger partial charge in [0, 0.05) is 31.8 Å². The number of hydrogen-bond acceptors (Lipinski definition) is 2. The van der Waals surface area contributed by atoms with Crippen LogP contribution in [0.15, 0.2) is 30.9 Å². The van der Waals surface area contributed by atoms with Crippen molar-refractivity contribution in [1.82, 2.24) is 14.1 Å². The van der Waals surface area contributed by atoms with Gasteiger partial charge in [-0.1, -0.05) is 0 Å². The highest BCUT2D eigenvalue weighted by Gasteiger charge is 2.05. The molecule has 0 fully saturated rings. The van der Waals surface area contributed by atoms with Gasteiger partial charge < -0.3 is 14.2 Å². The van der Waals surface area contributed by atoms with Gasteiger partial charge in [0.1, 0.15) is 5.82 Å². The molecule has 0 bridgehead atoms. The number of aromatic carboxylic acids is 1. The van der Waals surface area contributed by atoms with Crippen molar-refractivity contribution in [2.45, 2.75) is 6.54 Å². The summed E-state index contributed by atoms with van der Waals surface area (Å²) in [5.74, 6) is -0.0175. The number of carboxylic acid groups (broad SMARTS) is 1. The molecule has 0 radical (unpaired) electrons. The summed E-state index contributed by atoms with van der Waals surface area (Å²) >= 11 is 0. The number of aromatic nitrogens is 3. The minimum Gasteiger partial charge on any atom is -0.478 e. The summed E-state index contributed by atoms with van der Waals surface area (Å²) in [6, 6.07) is 1.57. The molecule has 0 aliphatic carbocycles. The number of nitrogens with zero attached hydrogens (tertiary/aromatic N) is 3. The van der Waals surface area contributed by atoms with Crippen molar-refractivity contribution >= 4 is 5.97 Å². The maximum absolute atomic E-state index is 10.6. The summed E-state index contributed by atoms with van der Waals surface area (Å²) in [5.41, 5.74) is 0.296. The summed E-state index contributed by atoms with van der Waals surface area (Å²) in [6.45, 7) is 0.580. The van der Waals surface area contributed by atoms with Gasteiger partial charge in [-0.05, 0) is 6.07 Å². The van der Waals surface area contributed by atoms with Crippen LogP contribution in [0.3, 0.4) is 0 Å². The zero-order chi connectivity index (χ0) is 10.8. The van der Waals surface area contributed by atoms with Crippen LogP contribution in [0, 0.1) is 0 Å². The smallest absolute Gasteiger partial charge is 0.337 e. The van der Waals surface area contributed by atoms with E-state index >= 15 is 0 Å². The fourth-order valence-corrected chi connectivity index (χ4v) is 1.38. The van der Waals surface area contributed by atoms with Crippen LogP contribution in [0.1, 0.15) is 16.2 Å². The molecule has 0 saturated heterocycles. The lowest BCUT2D eigenvalue weighted by Gasteiger charge is -2.02. The van der Waals surface area contributed by atoms with Gasteiger partial charge in [-0.2, -0.15) is 0 Å². The number of aryl methyl sites for hydroxylation is 1. The van der Waals surface area contributed by atoms with Crippen molar-refractivity contribution in [3.05, 3.63) is 42.2 Å². The Bertz CT molecular complexity index is 484. The van der Waals surface area contributed by atoms with Gasteiger partial charge in [-0.15, -0.1) is 0 Å². The average molecular weight is 205 g/mol. The Morgan fingerprint density at radius 2 is 2.33 bits per heavy atom. The van der Waals surface area contributed by atoms with Crippen LogP contribution >= 0.6 is 0 Å². The summed E-state index contributed by atoms with van der Waals surface area (Å²) in [7, 11) is 1.91. The number of imidazole rings is 1. The number of carboxylic acids is 1. The first-order valence-electron chi connectivity index (χ1n) is 4.52. The Balaban J connectivity index is 2.18. The van der Waals surface area contributed by atoms with E-state index in [1.54, 1.807) is 29.2 Å². The SMILES string of the molecule is Cn1ccnc1Cn1ccc(C(=O)O)c1. The molecule has 5 nitrogen and oxygen atoms in total. The van der Waals surface area contributed by atoms with E-state index < -0.39 is 5.97 Å². The molecule has 78 valence electrons. The molecule has 2 heterocycles. The second-order valence-corrected chi connectivity index (χ2v) is 3.33. The maximum atomic E-state index is 10.6. The second-order valence-electron chi connectivity index (χ2n) is 3.33. The van der Waals surface area contributed by atoms with E-state index in [1.165, 1.54) is 0 Å². The summed E-state index contributed by atoms with van der Waals surface area (Å²) < 4.78 is 3.70. The Morgan fingerprint density at radius 3 is 2.87 bits per heavy atom.